The van der Waals surface area contributed by atoms with Gasteiger partial charge in [-0.2, -0.15) is 0 Å². The second-order valence-corrected chi connectivity index (χ2v) is 7.02. The number of anilines is 1. The number of halogens is 1. The summed E-state index contributed by atoms with van der Waals surface area (Å²) in [6, 6.07) is 11.6. The molecule has 0 unspecified atom stereocenters. The summed E-state index contributed by atoms with van der Waals surface area (Å²) in [7, 11) is -3.67. The van der Waals surface area contributed by atoms with Crippen molar-refractivity contribution in [1.29, 1.82) is 0 Å². The van der Waals surface area contributed by atoms with E-state index < -0.39 is 10.0 Å². The summed E-state index contributed by atoms with van der Waals surface area (Å²) < 4.78 is 28.0. The minimum atomic E-state index is -3.67. The summed E-state index contributed by atoms with van der Waals surface area (Å²) in [5.74, 6) is 0. The molecule has 1 aromatic heterocycles. The molecule has 3 rings (SSSR count). The lowest BCUT2D eigenvalue weighted by atomic mass is 10.3. The van der Waals surface area contributed by atoms with Crippen LogP contribution in [0.25, 0.3) is 10.2 Å². The third-order valence-electron chi connectivity index (χ3n) is 2.74. The maximum atomic E-state index is 12.3. The molecule has 0 amide bonds. The van der Waals surface area contributed by atoms with Crippen molar-refractivity contribution in [3.63, 3.8) is 0 Å². The van der Waals surface area contributed by atoms with Crippen LogP contribution in [0.5, 0.6) is 0 Å². The summed E-state index contributed by atoms with van der Waals surface area (Å²) in [6.07, 6.45) is 0. The molecule has 7 heteroatoms. The quantitative estimate of drug-likeness (QED) is 0.798. The number of benzene rings is 2. The van der Waals surface area contributed by atoms with Gasteiger partial charge in [-0.25, -0.2) is 13.4 Å². The Hall–Kier alpha value is -1.63. The van der Waals surface area contributed by atoms with E-state index in [-0.39, 0.29) is 4.90 Å². The van der Waals surface area contributed by atoms with Crippen LogP contribution in [-0.2, 0) is 10.0 Å². The number of sulfonamides is 1. The number of fused-ring (bicyclic) bond motifs is 1. The topological polar surface area (TPSA) is 59.1 Å². The van der Waals surface area contributed by atoms with Crippen LogP contribution in [0.1, 0.15) is 0 Å². The Labute approximate surface area is 125 Å². The van der Waals surface area contributed by atoms with E-state index in [2.05, 4.69) is 9.71 Å². The van der Waals surface area contributed by atoms with Gasteiger partial charge in [0.15, 0.2) is 0 Å². The predicted octanol–water partition coefficient (Wildman–Crippen LogP) is 3.75. The third-order valence-corrected chi connectivity index (χ3v) is 5.22. The van der Waals surface area contributed by atoms with Crippen molar-refractivity contribution in [3.8, 4) is 0 Å². The summed E-state index contributed by atoms with van der Waals surface area (Å²) in [5.41, 5.74) is 2.53. The molecule has 1 heterocycles. The molecule has 0 aliphatic carbocycles. The van der Waals surface area contributed by atoms with Crippen LogP contribution in [0.2, 0.25) is 5.02 Å². The Morgan fingerprint density at radius 1 is 1.10 bits per heavy atom. The van der Waals surface area contributed by atoms with Crippen molar-refractivity contribution in [2.45, 2.75) is 4.90 Å². The standard InChI is InChI=1S/C13H9ClN2O2S2/c14-10-6-7-11-13(15-8-19-11)12(10)16-20(17,18)9-4-2-1-3-5-9/h1-8,16H. The maximum absolute atomic E-state index is 12.3. The largest absolute Gasteiger partial charge is 0.276 e. The van der Waals surface area contributed by atoms with E-state index in [1.807, 2.05) is 6.07 Å². The Balaban J connectivity index is 2.10. The zero-order valence-corrected chi connectivity index (χ0v) is 12.5. The van der Waals surface area contributed by atoms with Crippen LogP contribution in [0.4, 0.5) is 5.69 Å². The van der Waals surface area contributed by atoms with Crippen molar-refractivity contribution < 1.29 is 8.42 Å². The molecule has 0 fully saturated rings. The molecule has 1 N–H and O–H groups in total. The number of hydrogen-bond donors (Lipinski definition) is 1. The molecule has 3 aromatic rings. The first-order valence-corrected chi connectivity index (χ1v) is 8.41. The van der Waals surface area contributed by atoms with Crippen LogP contribution in [0, 0.1) is 0 Å². The zero-order chi connectivity index (χ0) is 14.2. The summed E-state index contributed by atoms with van der Waals surface area (Å²) in [6.45, 7) is 0. The second kappa shape index (κ2) is 5.05. The van der Waals surface area contributed by atoms with Gasteiger partial charge >= 0.3 is 0 Å². The highest BCUT2D eigenvalue weighted by molar-refractivity contribution is 7.92. The number of nitrogens with zero attached hydrogens (tertiary/aromatic N) is 1. The molecule has 0 saturated carbocycles. The van der Waals surface area contributed by atoms with Crippen molar-refractivity contribution in [2.24, 2.45) is 0 Å². The predicted molar refractivity (Wildman–Crippen MR) is 81.9 cm³/mol. The molecular weight excluding hydrogens is 316 g/mol. The van der Waals surface area contributed by atoms with Gasteiger partial charge in [0.25, 0.3) is 10.0 Å². The number of hydrogen-bond acceptors (Lipinski definition) is 4. The van der Waals surface area contributed by atoms with Crippen molar-refractivity contribution in [2.75, 3.05) is 4.72 Å². The van der Waals surface area contributed by atoms with E-state index in [9.17, 15) is 8.42 Å². The molecule has 0 spiro atoms. The summed E-state index contributed by atoms with van der Waals surface area (Å²) >= 11 is 7.52. The fraction of sp³-hybridized carbons (Fsp3) is 0. The number of aromatic nitrogens is 1. The van der Waals surface area contributed by atoms with Gasteiger partial charge in [0.05, 0.1) is 25.8 Å². The number of nitrogens with one attached hydrogen (secondary N) is 1. The number of thiazole rings is 1. The average molecular weight is 325 g/mol. The Kier molecular flexibility index (Phi) is 3.37. The SMILES string of the molecule is O=S(=O)(Nc1c(Cl)ccc2scnc12)c1ccccc1. The summed E-state index contributed by atoms with van der Waals surface area (Å²) in [4.78, 5) is 4.35. The molecule has 0 atom stereocenters. The van der Waals surface area contributed by atoms with Gasteiger partial charge in [-0.15, -0.1) is 11.3 Å². The van der Waals surface area contributed by atoms with E-state index in [0.29, 0.717) is 16.2 Å². The van der Waals surface area contributed by atoms with E-state index >= 15 is 0 Å². The lowest BCUT2D eigenvalue weighted by Gasteiger charge is -2.10. The lowest BCUT2D eigenvalue weighted by molar-refractivity contribution is 0.601. The van der Waals surface area contributed by atoms with Gasteiger partial charge in [0.1, 0.15) is 5.52 Å². The normalized spacial score (nSPS) is 11.7. The molecule has 0 radical (unpaired) electrons. The summed E-state index contributed by atoms with van der Waals surface area (Å²) in [5, 5.41) is 0.322. The van der Waals surface area contributed by atoms with Gasteiger partial charge in [0.2, 0.25) is 0 Å². The highest BCUT2D eigenvalue weighted by atomic mass is 35.5. The fourth-order valence-electron chi connectivity index (χ4n) is 1.80. The Morgan fingerprint density at radius 3 is 2.60 bits per heavy atom. The van der Waals surface area contributed by atoms with Gasteiger partial charge in [-0.1, -0.05) is 29.8 Å². The first-order chi connectivity index (χ1) is 9.58. The Morgan fingerprint density at radius 2 is 1.85 bits per heavy atom. The minimum Gasteiger partial charge on any atom is -0.276 e. The van der Waals surface area contributed by atoms with Gasteiger partial charge in [-0.05, 0) is 24.3 Å². The monoisotopic (exact) mass is 324 g/mol. The molecule has 0 bridgehead atoms. The minimum absolute atomic E-state index is 0.184. The molecule has 4 nitrogen and oxygen atoms in total. The van der Waals surface area contributed by atoms with Crippen LogP contribution < -0.4 is 4.72 Å². The zero-order valence-electron chi connectivity index (χ0n) is 10.1. The van der Waals surface area contributed by atoms with Crippen LogP contribution in [0.3, 0.4) is 0 Å². The van der Waals surface area contributed by atoms with E-state index in [1.54, 1.807) is 29.8 Å². The average Bonchev–Trinajstić information content (AvgIpc) is 2.92. The molecule has 0 saturated heterocycles. The fourth-order valence-corrected chi connectivity index (χ4v) is 3.85. The highest BCUT2D eigenvalue weighted by Crippen LogP contribution is 2.33. The van der Waals surface area contributed by atoms with Gasteiger partial charge in [-0.3, -0.25) is 4.72 Å². The maximum Gasteiger partial charge on any atom is 0.262 e. The van der Waals surface area contributed by atoms with Gasteiger partial charge in [0, 0.05) is 0 Å². The molecule has 102 valence electrons. The van der Waals surface area contributed by atoms with Crippen LogP contribution >= 0.6 is 22.9 Å². The molecule has 0 aliphatic heterocycles. The smallest absolute Gasteiger partial charge is 0.262 e. The molecule has 0 aliphatic rings. The first-order valence-electron chi connectivity index (χ1n) is 5.67. The van der Waals surface area contributed by atoms with E-state index in [1.165, 1.54) is 23.5 Å². The van der Waals surface area contributed by atoms with Crippen molar-refractivity contribution in [1.82, 2.24) is 4.98 Å². The first kappa shape index (κ1) is 13.4. The molecular formula is C13H9ClN2O2S2. The van der Waals surface area contributed by atoms with E-state index in [0.717, 1.165) is 4.70 Å². The molecule has 20 heavy (non-hydrogen) atoms. The highest BCUT2D eigenvalue weighted by Gasteiger charge is 2.18. The van der Waals surface area contributed by atoms with Crippen molar-refractivity contribution >= 4 is 48.9 Å². The second-order valence-electron chi connectivity index (χ2n) is 4.04. The number of rotatable bonds is 3. The molecule has 2 aromatic carbocycles. The Bertz CT molecular complexity index is 860. The van der Waals surface area contributed by atoms with Crippen molar-refractivity contribution in [3.05, 3.63) is 53.0 Å². The lowest BCUT2D eigenvalue weighted by Crippen LogP contribution is -2.13. The van der Waals surface area contributed by atoms with Crippen LogP contribution in [0.15, 0.2) is 52.9 Å². The van der Waals surface area contributed by atoms with Gasteiger partial charge < -0.3 is 0 Å². The van der Waals surface area contributed by atoms with Crippen LogP contribution in [-0.4, -0.2) is 13.4 Å². The van der Waals surface area contributed by atoms with E-state index in [4.69, 9.17) is 11.6 Å². The third kappa shape index (κ3) is 2.37.